The molecule has 132 valence electrons. The molecule has 3 rings (SSSR count). The molecule has 0 spiro atoms. The number of fused-ring (bicyclic) bond motifs is 1. The Morgan fingerprint density at radius 3 is 2.68 bits per heavy atom. The maximum atomic E-state index is 4.60. The van der Waals surface area contributed by atoms with E-state index in [2.05, 4.69) is 43.2 Å². The summed E-state index contributed by atoms with van der Waals surface area (Å²) in [5, 5.41) is 7.76. The van der Waals surface area contributed by atoms with Gasteiger partial charge in [0.05, 0.1) is 23.3 Å². The SMILES string of the molecule is CN=C(NCCn1c(C)nc2ccccc21)NCc1nc(C)c(C)s1. The first-order valence-corrected chi connectivity index (χ1v) is 9.19. The van der Waals surface area contributed by atoms with Gasteiger partial charge in [-0.1, -0.05) is 12.1 Å². The quantitative estimate of drug-likeness (QED) is 0.545. The lowest BCUT2D eigenvalue weighted by Crippen LogP contribution is -2.38. The molecular formula is C18H24N6S. The van der Waals surface area contributed by atoms with E-state index in [1.807, 2.05) is 32.0 Å². The number of hydrogen-bond donors (Lipinski definition) is 2. The minimum atomic E-state index is 0.687. The zero-order valence-corrected chi connectivity index (χ0v) is 15.9. The highest BCUT2D eigenvalue weighted by Crippen LogP contribution is 2.16. The molecular weight excluding hydrogens is 332 g/mol. The van der Waals surface area contributed by atoms with Crippen LogP contribution in [0, 0.1) is 20.8 Å². The highest BCUT2D eigenvalue weighted by Gasteiger charge is 2.07. The molecule has 3 aromatic rings. The van der Waals surface area contributed by atoms with E-state index in [1.54, 1.807) is 18.4 Å². The minimum absolute atomic E-state index is 0.687. The molecule has 0 saturated carbocycles. The standard InChI is InChI=1S/C18H24N6S/c1-12-13(2)25-17(22-12)11-21-18(19-4)20-9-10-24-14(3)23-15-7-5-6-8-16(15)24/h5-8H,9-11H2,1-4H3,(H2,19,20,21). The summed E-state index contributed by atoms with van der Waals surface area (Å²) < 4.78 is 2.23. The van der Waals surface area contributed by atoms with Crippen molar-refractivity contribution in [1.29, 1.82) is 0 Å². The summed E-state index contributed by atoms with van der Waals surface area (Å²) in [6.45, 7) is 8.48. The second kappa shape index (κ2) is 7.65. The van der Waals surface area contributed by atoms with Gasteiger partial charge in [0, 0.05) is 25.0 Å². The van der Waals surface area contributed by atoms with E-state index >= 15 is 0 Å². The van der Waals surface area contributed by atoms with Crippen molar-refractivity contribution in [3.05, 3.63) is 45.7 Å². The van der Waals surface area contributed by atoms with Crippen LogP contribution in [0.25, 0.3) is 11.0 Å². The molecule has 0 aliphatic rings. The largest absolute Gasteiger partial charge is 0.355 e. The van der Waals surface area contributed by atoms with Crippen molar-refractivity contribution in [2.75, 3.05) is 13.6 Å². The molecule has 0 atom stereocenters. The molecule has 0 fully saturated rings. The van der Waals surface area contributed by atoms with Crippen LogP contribution in [0.1, 0.15) is 21.4 Å². The number of guanidine groups is 1. The first kappa shape index (κ1) is 17.4. The van der Waals surface area contributed by atoms with Crippen molar-refractivity contribution in [3.63, 3.8) is 0 Å². The zero-order valence-electron chi connectivity index (χ0n) is 15.1. The van der Waals surface area contributed by atoms with Crippen LogP contribution in [0.3, 0.4) is 0 Å². The van der Waals surface area contributed by atoms with Gasteiger partial charge in [-0.25, -0.2) is 9.97 Å². The van der Waals surface area contributed by atoms with Crippen molar-refractivity contribution in [3.8, 4) is 0 Å². The summed E-state index contributed by atoms with van der Waals surface area (Å²) in [5.41, 5.74) is 3.31. The summed E-state index contributed by atoms with van der Waals surface area (Å²) in [7, 11) is 1.78. The van der Waals surface area contributed by atoms with Gasteiger partial charge in [-0.3, -0.25) is 4.99 Å². The zero-order chi connectivity index (χ0) is 17.8. The van der Waals surface area contributed by atoms with Crippen molar-refractivity contribution in [1.82, 2.24) is 25.2 Å². The van der Waals surface area contributed by atoms with Gasteiger partial charge in [0.25, 0.3) is 0 Å². The van der Waals surface area contributed by atoms with Crippen molar-refractivity contribution in [2.24, 2.45) is 4.99 Å². The average molecular weight is 356 g/mol. The number of benzene rings is 1. The molecule has 2 heterocycles. The second-order valence-electron chi connectivity index (χ2n) is 5.90. The third-order valence-corrected chi connectivity index (χ3v) is 5.25. The molecule has 0 bridgehead atoms. The van der Waals surface area contributed by atoms with Gasteiger partial charge < -0.3 is 15.2 Å². The van der Waals surface area contributed by atoms with E-state index in [4.69, 9.17) is 0 Å². The van der Waals surface area contributed by atoms with E-state index in [0.717, 1.165) is 41.1 Å². The highest BCUT2D eigenvalue weighted by molar-refractivity contribution is 7.11. The van der Waals surface area contributed by atoms with Crippen LogP contribution < -0.4 is 10.6 Å². The third kappa shape index (κ3) is 3.99. The van der Waals surface area contributed by atoms with E-state index in [1.165, 1.54) is 10.4 Å². The van der Waals surface area contributed by atoms with Gasteiger partial charge in [0.2, 0.25) is 0 Å². The van der Waals surface area contributed by atoms with Gasteiger partial charge in [-0.2, -0.15) is 0 Å². The number of nitrogens with zero attached hydrogens (tertiary/aromatic N) is 4. The molecule has 6 nitrogen and oxygen atoms in total. The van der Waals surface area contributed by atoms with Gasteiger partial charge in [0.15, 0.2) is 5.96 Å². The smallest absolute Gasteiger partial charge is 0.191 e. The number of thiazole rings is 1. The number of aromatic nitrogens is 3. The predicted octanol–water partition coefficient (Wildman–Crippen LogP) is 2.78. The normalized spacial score (nSPS) is 11.9. The topological polar surface area (TPSA) is 67.1 Å². The molecule has 1 aromatic carbocycles. The molecule has 0 saturated heterocycles. The van der Waals surface area contributed by atoms with Gasteiger partial charge in [-0.15, -0.1) is 11.3 Å². The first-order valence-electron chi connectivity index (χ1n) is 8.37. The number of imidazole rings is 1. The van der Waals surface area contributed by atoms with Gasteiger partial charge in [-0.05, 0) is 32.9 Å². The Morgan fingerprint density at radius 1 is 1.16 bits per heavy atom. The Hall–Kier alpha value is -2.41. The van der Waals surface area contributed by atoms with Gasteiger partial charge in [0.1, 0.15) is 10.8 Å². The summed E-state index contributed by atoms with van der Waals surface area (Å²) in [6.07, 6.45) is 0. The lowest BCUT2D eigenvalue weighted by molar-refractivity contribution is 0.659. The number of hydrogen-bond acceptors (Lipinski definition) is 4. The summed E-state index contributed by atoms with van der Waals surface area (Å²) >= 11 is 1.72. The number of aliphatic imine (C=N–C) groups is 1. The Balaban J connectivity index is 1.55. The Kier molecular flexibility index (Phi) is 5.33. The molecule has 0 aliphatic heterocycles. The number of rotatable bonds is 5. The van der Waals surface area contributed by atoms with Crippen LogP contribution in [0.4, 0.5) is 0 Å². The van der Waals surface area contributed by atoms with Crippen molar-refractivity contribution in [2.45, 2.75) is 33.9 Å². The van der Waals surface area contributed by atoms with Gasteiger partial charge >= 0.3 is 0 Å². The second-order valence-corrected chi connectivity index (χ2v) is 7.19. The molecule has 0 amide bonds. The molecule has 2 aromatic heterocycles. The Bertz CT molecular complexity index is 873. The van der Waals surface area contributed by atoms with Crippen LogP contribution in [-0.2, 0) is 13.1 Å². The number of nitrogens with one attached hydrogen (secondary N) is 2. The minimum Gasteiger partial charge on any atom is -0.355 e. The maximum absolute atomic E-state index is 4.60. The molecule has 7 heteroatoms. The monoisotopic (exact) mass is 356 g/mol. The summed E-state index contributed by atoms with van der Waals surface area (Å²) in [5.74, 6) is 1.81. The van der Waals surface area contributed by atoms with Crippen LogP contribution >= 0.6 is 11.3 Å². The lowest BCUT2D eigenvalue weighted by atomic mass is 10.3. The van der Waals surface area contributed by atoms with E-state index < -0.39 is 0 Å². The fraction of sp³-hybridized carbons (Fsp3) is 0.389. The Labute approximate surface area is 152 Å². The van der Waals surface area contributed by atoms with Crippen molar-refractivity contribution >= 4 is 28.3 Å². The van der Waals surface area contributed by atoms with Crippen LogP contribution in [0.5, 0.6) is 0 Å². The van der Waals surface area contributed by atoms with Crippen LogP contribution in [0.15, 0.2) is 29.3 Å². The fourth-order valence-electron chi connectivity index (χ4n) is 2.76. The third-order valence-electron chi connectivity index (χ3n) is 4.18. The Morgan fingerprint density at radius 2 is 1.96 bits per heavy atom. The number of para-hydroxylation sites is 2. The average Bonchev–Trinajstić information content (AvgIpc) is 3.09. The maximum Gasteiger partial charge on any atom is 0.191 e. The molecule has 2 N–H and O–H groups in total. The first-order chi connectivity index (χ1) is 12.1. The summed E-state index contributed by atoms with van der Waals surface area (Å²) in [6, 6.07) is 8.22. The number of aryl methyl sites for hydroxylation is 3. The van der Waals surface area contributed by atoms with E-state index in [9.17, 15) is 0 Å². The molecule has 25 heavy (non-hydrogen) atoms. The van der Waals surface area contributed by atoms with Crippen molar-refractivity contribution < 1.29 is 0 Å². The van der Waals surface area contributed by atoms with Crippen LogP contribution in [-0.4, -0.2) is 34.1 Å². The predicted molar refractivity (Wildman–Crippen MR) is 104 cm³/mol. The fourth-order valence-corrected chi connectivity index (χ4v) is 3.63. The summed E-state index contributed by atoms with van der Waals surface area (Å²) in [4.78, 5) is 14.7. The highest BCUT2D eigenvalue weighted by atomic mass is 32.1. The molecule has 0 radical (unpaired) electrons. The molecule has 0 aliphatic carbocycles. The lowest BCUT2D eigenvalue weighted by Gasteiger charge is -2.12. The molecule has 0 unspecified atom stereocenters. The van der Waals surface area contributed by atoms with E-state index in [-0.39, 0.29) is 0 Å². The van der Waals surface area contributed by atoms with Crippen LogP contribution in [0.2, 0.25) is 0 Å². The van der Waals surface area contributed by atoms with E-state index in [0.29, 0.717) is 6.54 Å².